The highest BCUT2D eigenvalue weighted by Gasteiger charge is 2.36. The van der Waals surface area contributed by atoms with Gasteiger partial charge in [-0.1, -0.05) is 5.21 Å². The van der Waals surface area contributed by atoms with Crippen LogP contribution in [0, 0.1) is 6.92 Å². The molecule has 4 rings (SSSR count). The second kappa shape index (κ2) is 4.66. The Kier molecular flexibility index (Phi) is 2.78. The average molecular weight is 287 g/mol. The summed E-state index contributed by atoms with van der Waals surface area (Å²) < 4.78 is 7.97. The first-order chi connectivity index (χ1) is 10.2. The lowest BCUT2D eigenvalue weighted by Crippen LogP contribution is -2.48. The molecule has 1 fully saturated rings. The summed E-state index contributed by atoms with van der Waals surface area (Å²) in [5.74, 6) is 1.18. The maximum Gasteiger partial charge on any atom is 0.222 e. The average Bonchev–Trinajstić information content (AvgIpc) is 2.94. The molecule has 0 radical (unpaired) electrons. The summed E-state index contributed by atoms with van der Waals surface area (Å²) in [6.07, 6.45) is 2.82. The molecule has 2 N–H and O–H groups in total. The summed E-state index contributed by atoms with van der Waals surface area (Å²) in [6.45, 7) is 4.15. The summed E-state index contributed by atoms with van der Waals surface area (Å²) >= 11 is 0. The molecule has 0 spiro atoms. The van der Waals surface area contributed by atoms with Gasteiger partial charge in [-0.25, -0.2) is 9.67 Å². The molecule has 1 saturated heterocycles. The van der Waals surface area contributed by atoms with Crippen molar-refractivity contribution < 1.29 is 4.74 Å². The van der Waals surface area contributed by atoms with Gasteiger partial charge in [0.2, 0.25) is 5.95 Å². The second-order valence-corrected chi connectivity index (χ2v) is 5.55. The highest BCUT2D eigenvalue weighted by Crippen LogP contribution is 2.32. The van der Waals surface area contributed by atoms with Gasteiger partial charge in [-0.2, -0.15) is 4.98 Å². The smallest absolute Gasteiger partial charge is 0.222 e. The van der Waals surface area contributed by atoms with Crippen LogP contribution in [0.15, 0.2) is 12.3 Å². The van der Waals surface area contributed by atoms with Crippen LogP contribution < -0.4 is 10.6 Å². The Morgan fingerprint density at radius 2 is 2.29 bits per heavy atom. The van der Waals surface area contributed by atoms with Crippen LogP contribution in [0.5, 0.6) is 0 Å². The van der Waals surface area contributed by atoms with E-state index in [1.54, 1.807) is 6.20 Å². The monoisotopic (exact) mass is 287 g/mol. The Morgan fingerprint density at radius 3 is 3.14 bits per heavy atom. The molecular weight excluding hydrogens is 270 g/mol. The quantitative estimate of drug-likeness (QED) is 0.806. The standard InChI is InChI=1S/C13H17N7O/c1-8-4-12(17-13(14)16-8)19-3-2-10-11(6-19)21-7-9-5-15-18-20(9)10/h4-5,10-11H,2-3,6-7H2,1H3,(H2,14,16,17)/t10-,11-/m0/s1. The van der Waals surface area contributed by atoms with Gasteiger partial charge in [0.05, 0.1) is 30.6 Å². The zero-order valence-corrected chi connectivity index (χ0v) is 11.8. The van der Waals surface area contributed by atoms with Gasteiger partial charge in [0.25, 0.3) is 0 Å². The predicted molar refractivity (Wildman–Crippen MR) is 75.6 cm³/mol. The van der Waals surface area contributed by atoms with Gasteiger partial charge < -0.3 is 15.4 Å². The van der Waals surface area contributed by atoms with E-state index in [-0.39, 0.29) is 12.1 Å². The number of nitrogen functional groups attached to an aromatic ring is 1. The number of hydrogen-bond donors (Lipinski definition) is 1. The van der Waals surface area contributed by atoms with Crippen LogP contribution in [-0.4, -0.2) is 44.2 Å². The molecule has 2 aliphatic heterocycles. The van der Waals surface area contributed by atoms with E-state index < -0.39 is 0 Å². The van der Waals surface area contributed by atoms with E-state index in [0.29, 0.717) is 12.6 Å². The molecule has 2 aliphatic rings. The van der Waals surface area contributed by atoms with Crippen molar-refractivity contribution in [1.29, 1.82) is 0 Å². The van der Waals surface area contributed by atoms with Crippen LogP contribution in [0.3, 0.4) is 0 Å². The predicted octanol–water partition coefficient (Wildman–Crippen LogP) is 0.309. The summed E-state index contributed by atoms with van der Waals surface area (Å²) in [6, 6.07) is 2.22. The maximum absolute atomic E-state index is 5.96. The number of nitrogens with zero attached hydrogens (tertiary/aromatic N) is 6. The number of fused-ring (bicyclic) bond motifs is 3. The van der Waals surface area contributed by atoms with E-state index in [1.807, 2.05) is 17.7 Å². The molecule has 110 valence electrons. The van der Waals surface area contributed by atoms with Crippen molar-refractivity contribution >= 4 is 11.8 Å². The zero-order valence-electron chi connectivity index (χ0n) is 11.8. The highest BCUT2D eigenvalue weighted by atomic mass is 16.5. The lowest BCUT2D eigenvalue weighted by molar-refractivity contribution is -0.0335. The molecule has 2 aromatic heterocycles. The van der Waals surface area contributed by atoms with Crippen LogP contribution in [0.1, 0.15) is 23.9 Å². The van der Waals surface area contributed by atoms with E-state index in [2.05, 4.69) is 25.2 Å². The number of anilines is 2. The second-order valence-electron chi connectivity index (χ2n) is 5.55. The Balaban J connectivity index is 1.58. The Labute approximate surface area is 121 Å². The molecule has 0 unspecified atom stereocenters. The fourth-order valence-electron chi connectivity index (χ4n) is 3.13. The molecule has 21 heavy (non-hydrogen) atoms. The molecule has 0 saturated carbocycles. The Hall–Kier alpha value is -2.22. The SMILES string of the molecule is Cc1cc(N2CC[C@H]3[C@H](C2)OCc2cnnn23)nc(N)n1. The third-order valence-electron chi connectivity index (χ3n) is 4.11. The first-order valence-electron chi connectivity index (χ1n) is 7.07. The number of ether oxygens (including phenoxy) is 1. The molecule has 4 heterocycles. The van der Waals surface area contributed by atoms with Gasteiger partial charge in [-0.05, 0) is 13.3 Å². The van der Waals surface area contributed by atoms with Crippen LogP contribution in [0.4, 0.5) is 11.8 Å². The Bertz CT molecular complexity index is 650. The van der Waals surface area contributed by atoms with Crippen LogP contribution in [0.25, 0.3) is 0 Å². The third kappa shape index (κ3) is 2.11. The highest BCUT2D eigenvalue weighted by molar-refractivity contribution is 5.44. The lowest BCUT2D eigenvalue weighted by atomic mass is 10.00. The molecule has 0 amide bonds. The zero-order chi connectivity index (χ0) is 14.4. The molecular formula is C13H17N7O. The van der Waals surface area contributed by atoms with E-state index in [1.165, 1.54) is 0 Å². The fourth-order valence-corrected chi connectivity index (χ4v) is 3.13. The summed E-state index contributed by atoms with van der Waals surface area (Å²) in [5, 5.41) is 8.17. The fraction of sp³-hybridized carbons (Fsp3) is 0.538. The first-order valence-corrected chi connectivity index (χ1v) is 7.07. The van der Waals surface area contributed by atoms with Gasteiger partial charge in [0, 0.05) is 24.8 Å². The van der Waals surface area contributed by atoms with Crippen molar-refractivity contribution in [3.63, 3.8) is 0 Å². The lowest BCUT2D eigenvalue weighted by Gasteiger charge is -2.41. The number of piperidine rings is 1. The number of aryl methyl sites for hydroxylation is 1. The maximum atomic E-state index is 5.96. The summed E-state index contributed by atoms with van der Waals surface area (Å²) in [7, 11) is 0. The largest absolute Gasteiger partial charge is 0.368 e. The van der Waals surface area contributed by atoms with Gasteiger partial charge in [-0.3, -0.25) is 0 Å². The summed E-state index contributed by atoms with van der Waals surface area (Å²) in [4.78, 5) is 10.7. The number of nitrogens with two attached hydrogens (primary N) is 1. The topological polar surface area (TPSA) is 95.0 Å². The number of hydrogen-bond acceptors (Lipinski definition) is 7. The van der Waals surface area contributed by atoms with E-state index in [4.69, 9.17) is 10.5 Å². The molecule has 2 aromatic rings. The Morgan fingerprint density at radius 1 is 1.38 bits per heavy atom. The molecule has 8 heteroatoms. The minimum Gasteiger partial charge on any atom is -0.368 e. The molecule has 8 nitrogen and oxygen atoms in total. The summed E-state index contributed by atoms with van der Waals surface area (Å²) in [5.41, 5.74) is 7.67. The van der Waals surface area contributed by atoms with Gasteiger partial charge >= 0.3 is 0 Å². The van der Waals surface area contributed by atoms with Crippen molar-refractivity contribution in [3.8, 4) is 0 Å². The van der Waals surface area contributed by atoms with E-state index in [9.17, 15) is 0 Å². The van der Waals surface area contributed by atoms with Crippen molar-refractivity contribution in [2.75, 3.05) is 23.7 Å². The van der Waals surface area contributed by atoms with Gasteiger partial charge in [0.15, 0.2) is 0 Å². The molecule has 0 bridgehead atoms. The molecule has 0 aromatic carbocycles. The van der Waals surface area contributed by atoms with Crippen molar-refractivity contribution in [1.82, 2.24) is 25.0 Å². The van der Waals surface area contributed by atoms with Crippen molar-refractivity contribution in [2.24, 2.45) is 0 Å². The van der Waals surface area contributed by atoms with Gasteiger partial charge in [-0.15, -0.1) is 5.10 Å². The first kappa shape index (κ1) is 12.5. The van der Waals surface area contributed by atoms with Crippen molar-refractivity contribution in [2.45, 2.75) is 32.1 Å². The van der Waals surface area contributed by atoms with E-state index in [0.717, 1.165) is 36.7 Å². The minimum atomic E-state index is 0.101. The minimum absolute atomic E-state index is 0.101. The van der Waals surface area contributed by atoms with Crippen LogP contribution in [0.2, 0.25) is 0 Å². The van der Waals surface area contributed by atoms with E-state index >= 15 is 0 Å². The van der Waals surface area contributed by atoms with Crippen molar-refractivity contribution in [3.05, 3.63) is 23.7 Å². The number of aromatic nitrogens is 5. The van der Waals surface area contributed by atoms with Crippen LogP contribution in [-0.2, 0) is 11.3 Å². The number of rotatable bonds is 1. The van der Waals surface area contributed by atoms with Gasteiger partial charge in [0.1, 0.15) is 5.82 Å². The normalized spacial score (nSPS) is 24.5. The molecule has 0 aliphatic carbocycles. The molecule has 2 atom stereocenters. The third-order valence-corrected chi connectivity index (χ3v) is 4.11. The van der Waals surface area contributed by atoms with Crippen LogP contribution >= 0.6 is 0 Å².